The molecule has 0 radical (unpaired) electrons. The molecule has 0 heterocycles. The molecular weight excluding hydrogens is 143 g/mol. The van der Waals surface area contributed by atoms with Crippen molar-refractivity contribution in [1.29, 1.82) is 0 Å². The van der Waals surface area contributed by atoms with Gasteiger partial charge in [-0.15, -0.1) is 12.8 Å². The van der Waals surface area contributed by atoms with E-state index in [4.69, 9.17) is 0 Å². The number of hydrogen-bond donors (Lipinski definition) is 0. The molecule has 46 valence electrons. The molecule has 0 N–H and O–H groups in total. The van der Waals surface area contributed by atoms with Gasteiger partial charge in [-0.1, -0.05) is 0 Å². The summed E-state index contributed by atoms with van der Waals surface area (Å²) in [6.45, 7) is 0. The van der Waals surface area contributed by atoms with Crippen LogP contribution in [0.5, 0.6) is 0 Å². The summed E-state index contributed by atoms with van der Waals surface area (Å²) in [6, 6.07) is 10.0. The van der Waals surface area contributed by atoms with E-state index in [1.165, 1.54) is 0 Å². The summed E-state index contributed by atoms with van der Waals surface area (Å²) in [5.74, 6) is 0. The fourth-order valence-electron chi connectivity index (χ4n) is 0.321. The Morgan fingerprint density at radius 3 is 1.50 bits per heavy atom. The Labute approximate surface area is 60.2 Å². The molecule has 0 saturated heterocycles. The standard InChI is InChI=1S/C5H5.C2H2.Ni/c1-2-4-5-3-1;1-2;/h1-5H;1-2H;/q-1;;. The van der Waals surface area contributed by atoms with Gasteiger partial charge in [0, 0.05) is 16.5 Å². The van der Waals surface area contributed by atoms with Crippen LogP contribution >= 0.6 is 0 Å². The van der Waals surface area contributed by atoms with E-state index >= 15 is 0 Å². The molecule has 1 rings (SSSR count). The van der Waals surface area contributed by atoms with E-state index in [0.29, 0.717) is 0 Å². The van der Waals surface area contributed by atoms with Crippen molar-refractivity contribution in [2.24, 2.45) is 0 Å². The third-order valence-corrected chi connectivity index (χ3v) is 0.556. The van der Waals surface area contributed by atoms with Crippen molar-refractivity contribution in [2.75, 3.05) is 0 Å². The van der Waals surface area contributed by atoms with Gasteiger partial charge in [-0.05, 0) is 0 Å². The van der Waals surface area contributed by atoms with Crippen LogP contribution in [0.25, 0.3) is 0 Å². The summed E-state index contributed by atoms with van der Waals surface area (Å²) < 4.78 is 0. The van der Waals surface area contributed by atoms with Crippen molar-refractivity contribution in [1.82, 2.24) is 0 Å². The van der Waals surface area contributed by atoms with Crippen molar-refractivity contribution < 1.29 is 16.5 Å². The van der Waals surface area contributed by atoms with Gasteiger partial charge in [0.15, 0.2) is 0 Å². The molecule has 0 bridgehead atoms. The predicted octanol–water partition coefficient (Wildman–Crippen LogP) is 1.65. The Bertz CT molecular complexity index is 88.0. The smallest absolute Gasteiger partial charge is 0 e. The number of terminal acetylenes is 1. The minimum atomic E-state index is 0. The van der Waals surface area contributed by atoms with E-state index in [2.05, 4.69) is 12.8 Å². The second-order valence-corrected chi connectivity index (χ2v) is 0.962. The van der Waals surface area contributed by atoms with Crippen LogP contribution in [-0.4, -0.2) is 0 Å². The van der Waals surface area contributed by atoms with Gasteiger partial charge in [0.2, 0.25) is 0 Å². The summed E-state index contributed by atoms with van der Waals surface area (Å²) >= 11 is 0. The van der Waals surface area contributed by atoms with Gasteiger partial charge in [0.05, 0.1) is 0 Å². The molecule has 0 amide bonds. The quantitative estimate of drug-likeness (QED) is 0.299. The molecule has 0 aliphatic rings. The van der Waals surface area contributed by atoms with Crippen LogP contribution < -0.4 is 0 Å². The zero-order valence-corrected chi connectivity index (χ0v) is 5.35. The Kier molecular flexibility index (Phi) is 12.5. The van der Waals surface area contributed by atoms with E-state index in [0.717, 1.165) is 0 Å². The van der Waals surface area contributed by atoms with Crippen LogP contribution in [0, 0.1) is 12.8 Å². The summed E-state index contributed by atoms with van der Waals surface area (Å²) in [5.41, 5.74) is 0. The third-order valence-electron chi connectivity index (χ3n) is 0.556. The molecular formula is C7H7Ni-. The third kappa shape index (κ3) is 5.40. The first kappa shape index (κ1) is 10.4. The van der Waals surface area contributed by atoms with Crippen molar-refractivity contribution in [2.45, 2.75) is 0 Å². The van der Waals surface area contributed by atoms with Gasteiger partial charge in [-0.3, -0.25) is 0 Å². The fourth-order valence-corrected chi connectivity index (χ4v) is 0.321. The van der Waals surface area contributed by atoms with Crippen molar-refractivity contribution in [3.63, 3.8) is 0 Å². The SMILES string of the molecule is C#C.[Ni].c1cc[cH-]c1. The largest absolute Gasteiger partial charge is 0.214 e. The molecule has 1 aromatic rings. The van der Waals surface area contributed by atoms with Crippen LogP contribution in [0.4, 0.5) is 0 Å². The van der Waals surface area contributed by atoms with Gasteiger partial charge < -0.3 is 0 Å². The molecule has 0 aliphatic carbocycles. The zero-order valence-electron chi connectivity index (χ0n) is 4.36. The zero-order chi connectivity index (χ0) is 5.54. The molecule has 1 heteroatoms. The maximum Gasteiger partial charge on any atom is 0 e. The van der Waals surface area contributed by atoms with Crippen molar-refractivity contribution in [3.8, 4) is 12.8 Å². The Morgan fingerprint density at radius 1 is 1.00 bits per heavy atom. The molecule has 0 unspecified atom stereocenters. The summed E-state index contributed by atoms with van der Waals surface area (Å²) in [6.07, 6.45) is 8.00. The average Bonchev–Trinajstić information content (AvgIpc) is 2.23. The van der Waals surface area contributed by atoms with E-state index in [1.54, 1.807) is 0 Å². The van der Waals surface area contributed by atoms with Crippen LogP contribution in [0.3, 0.4) is 0 Å². The first-order valence-corrected chi connectivity index (χ1v) is 2.00. The maximum absolute atomic E-state index is 4.00. The van der Waals surface area contributed by atoms with Gasteiger partial charge in [0.25, 0.3) is 0 Å². The predicted molar refractivity (Wildman–Crippen MR) is 31.9 cm³/mol. The Morgan fingerprint density at radius 2 is 1.38 bits per heavy atom. The molecule has 0 aromatic heterocycles. The number of rotatable bonds is 0. The molecule has 0 spiro atoms. The number of hydrogen-bond acceptors (Lipinski definition) is 0. The molecule has 0 atom stereocenters. The summed E-state index contributed by atoms with van der Waals surface area (Å²) in [4.78, 5) is 0. The molecule has 8 heavy (non-hydrogen) atoms. The van der Waals surface area contributed by atoms with Crippen LogP contribution in [0.2, 0.25) is 0 Å². The van der Waals surface area contributed by atoms with Crippen LogP contribution in [-0.2, 0) is 16.5 Å². The van der Waals surface area contributed by atoms with Crippen LogP contribution in [0.15, 0.2) is 30.3 Å². The van der Waals surface area contributed by atoms with Gasteiger partial charge >= 0.3 is 0 Å². The van der Waals surface area contributed by atoms with E-state index in [9.17, 15) is 0 Å². The maximum atomic E-state index is 4.00. The van der Waals surface area contributed by atoms with Crippen LogP contribution in [0.1, 0.15) is 0 Å². The molecule has 1 aromatic carbocycles. The molecule has 0 fully saturated rings. The van der Waals surface area contributed by atoms with E-state index < -0.39 is 0 Å². The Hall–Kier alpha value is -0.596. The first-order valence-electron chi connectivity index (χ1n) is 2.00. The fraction of sp³-hybridized carbons (Fsp3) is 0. The van der Waals surface area contributed by atoms with Gasteiger partial charge in [-0.25, -0.2) is 12.1 Å². The van der Waals surface area contributed by atoms with E-state index in [-0.39, 0.29) is 16.5 Å². The van der Waals surface area contributed by atoms with Crippen molar-refractivity contribution in [3.05, 3.63) is 30.3 Å². The molecule has 0 nitrogen and oxygen atoms in total. The first-order chi connectivity index (χ1) is 3.50. The minimum Gasteiger partial charge on any atom is -0.214 e. The second kappa shape index (κ2) is 9.64. The van der Waals surface area contributed by atoms with E-state index in [1.807, 2.05) is 30.3 Å². The Balaban J connectivity index is 0. The summed E-state index contributed by atoms with van der Waals surface area (Å²) in [7, 11) is 0. The topological polar surface area (TPSA) is 0 Å². The molecule has 0 aliphatic heterocycles. The summed E-state index contributed by atoms with van der Waals surface area (Å²) in [5, 5.41) is 0. The minimum absolute atomic E-state index is 0. The van der Waals surface area contributed by atoms with Crippen molar-refractivity contribution >= 4 is 0 Å². The monoisotopic (exact) mass is 149 g/mol. The van der Waals surface area contributed by atoms with Gasteiger partial charge in [0.1, 0.15) is 0 Å². The average molecular weight is 150 g/mol. The normalized spacial score (nSPS) is 5.25. The van der Waals surface area contributed by atoms with Gasteiger partial charge in [-0.2, -0.15) is 18.2 Å². The second-order valence-electron chi connectivity index (χ2n) is 0.962. The molecule has 0 saturated carbocycles.